The van der Waals surface area contributed by atoms with Gasteiger partial charge in [-0.25, -0.2) is 5.01 Å². The van der Waals surface area contributed by atoms with Crippen molar-refractivity contribution < 1.29 is 9.53 Å². The number of ether oxygens (including phenoxy) is 1. The van der Waals surface area contributed by atoms with Crippen molar-refractivity contribution in [3.63, 3.8) is 0 Å². The van der Waals surface area contributed by atoms with Crippen LogP contribution in [0, 0.1) is 0 Å². The first-order valence-electron chi connectivity index (χ1n) is 5.89. The molecule has 1 aromatic rings. The number of methoxy groups -OCH3 is 1. The number of aryl methyl sites for hydroxylation is 1. The monoisotopic (exact) mass is 251 g/mol. The molecule has 0 saturated heterocycles. The second-order valence-corrected chi connectivity index (χ2v) is 4.27. The van der Waals surface area contributed by atoms with Crippen molar-refractivity contribution >= 4 is 5.91 Å². The normalized spacial score (nSPS) is 12.3. The van der Waals surface area contributed by atoms with E-state index in [-0.39, 0.29) is 5.91 Å². The molecule has 0 bridgehead atoms. The van der Waals surface area contributed by atoms with Gasteiger partial charge in [0.1, 0.15) is 11.8 Å². The Bertz CT molecular complexity index is 419. The average Bonchev–Trinajstić information content (AvgIpc) is 2.36. The average molecular weight is 251 g/mol. The topological polar surface area (TPSA) is 67.6 Å². The van der Waals surface area contributed by atoms with Gasteiger partial charge in [-0.3, -0.25) is 10.2 Å². The van der Waals surface area contributed by atoms with Gasteiger partial charge in [-0.1, -0.05) is 19.1 Å². The lowest BCUT2D eigenvalue weighted by atomic mass is 10.0. The van der Waals surface area contributed by atoms with E-state index in [1.807, 2.05) is 25.1 Å². The van der Waals surface area contributed by atoms with Crippen LogP contribution in [0.4, 0.5) is 0 Å². The second kappa shape index (κ2) is 6.37. The molecule has 0 aliphatic heterocycles. The Morgan fingerprint density at radius 3 is 2.67 bits per heavy atom. The van der Waals surface area contributed by atoms with E-state index in [1.165, 1.54) is 0 Å². The first kappa shape index (κ1) is 14.5. The van der Waals surface area contributed by atoms with Crippen molar-refractivity contribution in [2.75, 3.05) is 21.2 Å². The fourth-order valence-corrected chi connectivity index (χ4v) is 1.71. The van der Waals surface area contributed by atoms with Crippen LogP contribution in [0.25, 0.3) is 0 Å². The summed E-state index contributed by atoms with van der Waals surface area (Å²) in [6.07, 6.45) is 0.832. The zero-order valence-electron chi connectivity index (χ0n) is 11.4. The summed E-state index contributed by atoms with van der Waals surface area (Å²) in [5.74, 6) is 0.591. The molecular weight excluding hydrogens is 230 g/mol. The lowest BCUT2D eigenvalue weighted by molar-refractivity contribution is -0.126. The fraction of sp³-hybridized carbons (Fsp3) is 0.462. The van der Waals surface area contributed by atoms with Crippen LogP contribution in [-0.4, -0.2) is 32.1 Å². The number of hydrogen-bond donors (Lipinski definition) is 2. The first-order valence-corrected chi connectivity index (χ1v) is 5.89. The van der Waals surface area contributed by atoms with Crippen LogP contribution in [0.5, 0.6) is 5.75 Å². The Morgan fingerprint density at radius 2 is 2.17 bits per heavy atom. The van der Waals surface area contributed by atoms with Crippen LogP contribution in [0.3, 0.4) is 0 Å². The van der Waals surface area contributed by atoms with E-state index in [4.69, 9.17) is 10.5 Å². The molecule has 1 unspecified atom stereocenters. The van der Waals surface area contributed by atoms with E-state index < -0.39 is 6.04 Å². The third-order valence-electron chi connectivity index (χ3n) is 2.66. The largest absolute Gasteiger partial charge is 0.496 e. The van der Waals surface area contributed by atoms with Gasteiger partial charge < -0.3 is 10.5 Å². The van der Waals surface area contributed by atoms with Crippen molar-refractivity contribution in [2.24, 2.45) is 5.73 Å². The number of rotatable bonds is 5. The summed E-state index contributed by atoms with van der Waals surface area (Å²) in [5.41, 5.74) is 10.4. The van der Waals surface area contributed by atoms with Gasteiger partial charge in [0.25, 0.3) is 5.91 Å². The van der Waals surface area contributed by atoms with Crippen LogP contribution in [0.2, 0.25) is 0 Å². The number of carbonyl (C=O) groups is 1. The molecule has 0 spiro atoms. The highest BCUT2D eigenvalue weighted by Gasteiger charge is 2.17. The van der Waals surface area contributed by atoms with Gasteiger partial charge in [-0.05, 0) is 23.6 Å². The van der Waals surface area contributed by atoms with E-state index in [9.17, 15) is 4.79 Å². The molecular formula is C13H21N3O2. The molecule has 18 heavy (non-hydrogen) atoms. The Hall–Kier alpha value is -1.59. The third kappa shape index (κ3) is 3.45. The lowest BCUT2D eigenvalue weighted by Crippen LogP contribution is -2.42. The zero-order valence-corrected chi connectivity index (χ0v) is 11.4. The molecule has 0 aliphatic carbocycles. The number of nitrogens with one attached hydrogen (secondary N) is 1. The zero-order chi connectivity index (χ0) is 13.7. The number of nitrogens with zero attached hydrogens (tertiary/aromatic N) is 1. The summed E-state index contributed by atoms with van der Waals surface area (Å²) < 4.78 is 5.25. The molecule has 1 aromatic carbocycles. The summed E-state index contributed by atoms with van der Waals surface area (Å²) >= 11 is 0. The maximum atomic E-state index is 11.8. The minimum atomic E-state index is -0.677. The molecule has 0 aliphatic rings. The molecule has 1 rings (SSSR count). The van der Waals surface area contributed by atoms with Gasteiger partial charge in [0, 0.05) is 14.1 Å². The molecule has 0 heterocycles. The predicted octanol–water partition coefficient (Wildman–Crippen LogP) is 0.850. The van der Waals surface area contributed by atoms with Crippen LogP contribution >= 0.6 is 0 Å². The summed E-state index contributed by atoms with van der Waals surface area (Å²) in [7, 11) is 5.12. The number of carbonyl (C=O) groups excluding carboxylic acids is 1. The molecule has 3 N–H and O–H groups in total. The maximum absolute atomic E-state index is 11.8. The number of hydrogen-bond acceptors (Lipinski definition) is 4. The fourth-order valence-electron chi connectivity index (χ4n) is 1.71. The van der Waals surface area contributed by atoms with Gasteiger partial charge in [-0.2, -0.15) is 0 Å². The minimum absolute atomic E-state index is 0.229. The minimum Gasteiger partial charge on any atom is -0.496 e. The van der Waals surface area contributed by atoms with Crippen molar-refractivity contribution in [2.45, 2.75) is 19.4 Å². The van der Waals surface area contributed by atoms with Crippen LogP contribution in [0.15, 0.2) is 18.2 Å². The molecule has 5 nitrogen and oxygen atoms in total. The van der Waals surface area contributed by atoms with Crippen LogP contribution < -0.4 is 15.9 Å². The second-order valence-electron chi connectivity index (χ2n) is 4.27. The highest BCUT2D eigenvalue weighted by molar-refractivity contribution is 5.82. The molecule has 0 fully saturated rings. The van der Waals surface area contributed by atoms with Crippen molar-refractivity contribution in [3.05, 3.63) is 29.3 Å². The van der Waals surface area contributed by atoms with E-state index >= 15 is 0 Å². The summed E-state index contributed by atoms with van der Waals surface area (Å²) in [6, 6.07) is 4.90. The van der Waals surface area contributed by atoms with Gasteiger partial charge >= 0.3 is 0 Å². The third-order valence-corrected chi connectivity index (χ3v) is 2.66. The van der Waals surface area contributed by atoms with Crippen molar-refractivity contribution in [1.82, 2.24) is 10.4 Å². The standard InChI is InChI=1S/C13H21N3O2/c1-5-9-8-10(6-7-11(9)18-4)12(14)13(17)15-16(2)3/h6-8,12H,5,14H2,1-4H3,(H,15,17). The smallest absolute Gasteiger partial charge is 0.255 e. The molecule has 1 amide bonds. The molecule has 0 aromatic heterocycles. The first-order chi connectivity index (χ1) is 8.49. The highest BCUT2D eigenvalue weighted by Crippen LogP contribution is 2.23. The van der Waals surface area contributed by atoms with E-state index in [2.05, 4.69) is 5.43 Å². The Kier molecular flexibility index (Phi) is 5.12. The van der Waals surface area contributed by atoms with Crippen LogP contribution in [0.1, 0.15) is 24.1 Å². The van der Waals surface area contributed by atoms with E-state index in [0.29, 0.717) is 0 Å². The quantitative estimate of drug-likeness (QED) is 0.761. The SMILES string of the molecule is CCc1cc(C(N)C(=O)NN(C)C)ccc1OC. The van der Waals surface area contributed by atoms with E-state index in [1.54, 1.807) is 26.2 Å². The molecule has 1 atom stereocenters. The van der Waals surface area contributed by atoms with Gasteiger partial charge in [0.05, 0.1) is 7.11 Å². The molecule has 100 valence electrons. The lowest BCUT2D eigenvalue weighted by Gasteiger charge is -2.18. The molecule has 0 saturated carbocycles. The summed E-state index contributed by atoms with van der Waals surface area (Å²) in [6.45, 7) is 2.03. The van der Waals surface area contributed by atoms with Gasteiger partial charge in [-0.15, -0.1) is 0 Å². The number of amides is 1. The predicted molar refractivity (Wildman–Crippen MR) is 71.1 cm³/mol. The van der Waals surface area contributed by atoms with Gasteiger partial charge in [0.15, 0.2) is 0 Å². The number of benzene rings is 1. The maximum Gasteiger partial charge on any atom is 0.255 e. The highest BCUT2D eigenvalue weighted by atomic mass is 16.5. The van der Waals surface area contributed by atoms with Gasteiger partial charge in [0.2, 0.25) is 0 Å². The summed E-state index contributed by atoms with van der Waals surface area (Å²) in [5, 5.41) is 1.58. The molecule has 0 radical (unpaired) electrons. The Labute approximate surface area is 108 Å². The van der Waals surface area contributed by atoms with Crippen molar-refractivity contribution in [3.8, 4) is 5.75 Å². The Balaban J connectivity index is 2.92. The van der Waals surface area contributed by atoms with Crippen molar-refractivity contribution in [1.29, 1.82) is 0 Å². The van der Waals surface area contributed by atoms with Crippen LogP contribution in [-0.2, 0) is 11.2 Å². The summed E-state index contributed by atoms with van der Waals surface area (Å²) in [4.78, 5) is 11.8. The number of nitrogens with two attached hydrogens (primary N) is 1. The Morgan fingerprint density at radius 1 is 1.50 bits per heavy atom. The number of hydrazine groups is 1. The molecule has 5 heteroatoms. The van der Waals surface area contributed by atoms with E-state index in [0.717, 1.165) is 23.3 Å².